The Labute approximate surface area is 150 Å². The lowest BCUT2D eigenvalue weighted by Gasteiger charge is -2.39. The Morgan fingerprint density at radius 2 is 1.96 bits per heavy atom. The van der Waals surface area contributed by atoms with Gasteiger partial charge in [0.2, 0.25) is 0 Å². The summed E-state index contributed by atoms with van der Waals surface area (Å²) >= 11 is 0. The number of halogens is 1. The van der Waals surface area contributed by atoms with E-state index in [0.717, 1.165) is 0 Å². The molecule has 1 aliphatic rings. The Morgan fingerprint density at radius 1 is 1.27 bits per heavy atom. The highest BCUT2D eigenvalue weighted by Crippen LogP contribution is 2.37. The minimum absolute atomic E-state index is 0.247. The van der Waals surface area contributed by atoms with Crippen LogP contribution >= 0.6 is 0 Å². The van der Waals surface area contributed by atoms with Crippen LogP contribution in [-0.2, 0) is 4.79 Å². The van der Waals surface area contributed by atoms with Crippen molar-refractivity contribution in [2.75, 3.05) is 19.4 Å². The van der Waals surface area contributed by atoms with E-state index in [1.54, 1.807) is 45.2 Å². The Hall–Kier alpha value is -3.16. The lowest BCUT2D eigenvalue weighted by Crippen LogP contribution is -2.48. The first-order chi connectivity index (χ1) is 12.3. The second-order valence-corrected chi connectivity index (χ2v) is 6.15. The monoisotopic (exact) mass is 358 g/mol. The number of amides is 3. The van der Waals surface area contributed by atoms with Crippen LogP contribution in [0.25, 0.3) is 0 Å². The lowest BCUT2D eigenvalue weighted by molar-refractivity contribution is -0.113. The van der Waals surface area contributed by atoms with Crippen LogP contribution in [0.3, 0.4) is 0 Å². The van der Waals surface area contributed by atoms with Crippen molar-refractivity contribution in [2.45, 2.75) is 19.9 Å². The summed E-state index contributed by atoms with van der Waals surface area (Å²) in [5, 5.41) is 6.40. The van der Waals surface area contributed by atoms with Crippen molar-refractivity contribution in [3.63, 3.8) is 0 Å². The molecule has 1 aromatic carbocycles. The first-order valence-electron chi connectivity index (χ1n) is 8.01. The third-order valence-electron chi connectivity index (χ3n) is 4.46. The van der Waals surface area contributed by atoms with Gasteiger partial charge in [-0.05, 0) is 19.9 Å². The molecule has 3 amide bonds. The van der Waals surface area contributed by atoms with Gasteiger partial charge in [-0.1, -0.05) is 23.4 Å². The van der Waals surface area contributed by atoms with Crippen LogP contribution in [0.4, 0.5) is 15.0 Å². The number of benzene rings is 1. The van der Waals surface area contributed by atoms with Gasteiger partial charge in [0.25, 0.3) is 5.91 Å². The van der Waals surface area contributed by atoms with E-state index in [1.165, 1.54) is 22.9 Å². The van der Waals surface area contributed by atoms with Gasteiger partial charge in [-0.3, -0.25) is 4.79 Å². The number of carbonyl (C=O) groups is 2. The lowest BCUT2D eigenvalue weighted by atomic mass is 9.92. The van der Waals surface area contributed by atoms with Crippen molar-refractivity contribution >= 4 is 17.8 Å². The number of allylic oxidation sites excluding steroid dienone is 1. The summed E-state index contributed by atoms with van der Waals surface area (Å²) in [7, 11) is 3.11. The number of hydrogen-bond donors (Lipinski definition) is 1. The average Bonchev–Trinajstić information content (AvgIpc) is 3.01. The normalized spacial score (nSPS) is 17.7. The van der Waals surface area contributed by atoms with Gasteiger partial charge in [-0.15, -0.1) is 0 Å². The summed E-state index contributed by atoms with van der Waals surface area (Å²) in [6.45, 7) is 3.36. The van der Waals surface area contributed by atoms with Crippen molar-refractivity contribution in [3.8, 4) is 0 Å². The van der Waals surface area contributed by atoms with Gasteiger partial charge in [0.15, 0.2) is 5.82 Å². The zero-order chi connectivity index (χ0) is 19.0. The minimum Gasteiger partial charge on any atom is -0.360 e. The second kappa shape index (κ2) is 6.62. The molecule has 7 nitrogen and oxygen atoms in total. The molecular weight excluding hydrogens is 339 g/mol. The molecule has 0 aliphatic carbocycles. The number of nitrogens with one attached hydrogen (secondary N) is 1. The van der Waals surface area contributed by atoms with Gasteiger partial charge in [-0.25, -0.2) is 9.18 Å². The van der Waals surface area contributed by atoms with Crippen LogP contribution in [-0.4, -0.2) is 41.0 Å². The quantitative estimate of drug-likeness (QED) is 0.915. The fraction of sp³-hybridized carbons (Fsp3) is 0.278. The summed E-state index contributed by atoms with van der Waals surface area (Å²) in [4.78, 5) is 28.1. The first kappa shape index (κ1) is 17.7. The SMILES string of the molecule is CC1=C(C(=O)Nc2cc(C)on2)[C@@H](c2ccccc2F)N(C)C(=O)N1C. The molecule has 0 spiro atoms. The van der Waals surface area contributed by atoms with Crippen molar-refractivity contribution in [1.29, 1.82) is 0 Å². The van der Waals surface area contributed by atoms with Gasteiger partial charge >= 0.3 is 6.03 Å². The summed E-state index contributed by atoms with van der Waals surface area (Å²) in [5.41, 5.74) is 0.955. The predicted molar refractivity (Wildman–Crippen MR) is 92.6 cm³/mol. The van der Waals surface area contributed by atoms with Crippen LogP contribution in [0.5, 0.6) is 0 Å². The molecule has 136 valence electrons. The van der Waals surface area contributed by atoms with Crippen LogP contribution in [0.15, 0.2) is 46.1 Å². The highest BCUT2D eigenvalue weighted by Gasteiger charge is 2.39. The molecule has 3 rings (SSSR count). The van der Waals surface area contributed by atoms with E-state index in [4.69, 9.17) is 4.52 Å². The number of nitrogens with zero attached hydrogens (tertiary/aromatic N) is 3. The van der Waals surface area contributed by atoms with Crippen molar-refractivity contribution < 1.29 is 18.5 Å². The molecule has 0 radical (unpaired) electrons. The minimum atomic E-state index is -0.854. The molecule has 0 saturated heterocycles. The Balaban J connectivity index is 2.08. The van der Waals surface area contributed by atoms with Gasteiger partial charge in [-0.2, -0.15) is 0 Å². The highest BCUT2D eigenvalue weighted by molar-refractivity contribution is 6.06. The van der Waals surface area contributed by atoms with Crippen LogP contribution in [0.1, 0.15) is 24.3 Å². The Kier molecular flexibility index (Phi) is 4.50. The third kappa shape index (κ3) is 2.94. The summed E-state index contributed by atoms with van der Waals surface area (Å²) in [6.07, 6.45) is 0. The fourth-order valence-corrected chi connectivity index (χ4v) is 3.02. The number of aromatic nitrogens is 1. The first-order valence-corrected chi connectivity index (χ1v) is 8.01. The van der Waals surface area contributed by atoms with Crippen LogP contribution in [0.2, 0.25) is 0 Å². The third-order valence-corrected chi connectivity index (χ3v) is 4.46. The molecular formula is C18H19FN4O3. The summed E-state index contributed by atoms with van der Waals surface area (Å²) in [5.74, 6) is -0.167. The van der Waals surface area contributed by atoms with Crippen LogP contribution in [0, 0.1) is 12.7 Å². The standard InChI is InChI=1S/C18H19FN4O3/c1-10-9-14(21-26-10)20-17(24)15-11(2)22(3)18(25)23(4)16(15)12-7-5-6-8-13(12)19/h5-9,16H,1-4H3,(H,20,21,24)/t16-/m1/s1. The Morgan fingerprint density at radius 3 is 2.58 bits per heavy atom. The molecule has 8 heteroatoms. The smallest absolute Gasteiger partial charge is 0.324 e. The maximum absolute atomic E-state index is 14.4. The molecule has 1 aliphatic heterocycles. The molecule has 0 bridgehead atoms. The number of rotatable bonds is 3. The van der Waals surface area contributed by atoms with Gasteiger partial charge < -0.3 is 19.6 Å². The molecule has 2 heterocycles. The van der Waals surface area contributed by atoms with Crippen LogP contribution < -0.4 is 5.32 Å². The number of urea groups is 1. The van der Waals surface area contributed by atoms with Gasteiger partial charge in [0, 0.05) is 31.4 Å². The van der Waals surface area contributed by atoms with E-state index < -0.39 is 17.8 Å². The summed E-state index contributed by atoms with van der Waals surface area (Å²) in [6, 6.07) is 6.49. The summed E-state index contributed by atoms with van der Waals surface area (Å²) < 4.78 is 19.4. The van der Waals surface area contributed by atoms with E-state index in [2.05, 4.69) is 10.5 Å². The maximum atomic E-state index is 14.4. The molecule has 26 heavy (non-hydrogen) atoms. The molecule has 2 aromatic rings. The highest BCUT2D eigenvalue weighted by atomic mass is 19.1. The van der Waals surface area contributed by atoms with E-state index >= 15 is 0 Å². The van der Waals surface area contributed by atoms with Gasteiger partial charge in [0.1, 0.15) is 11.6 Å². The van der Waals surface area contributed by atoms with E-state index in [1.807, 2.05) is 0 Å². The molecule has 1 N–H and O–H groups in total. The number of anilines is 1. The molecule has 1 atom stereocenters. The number of hydrogen-bond acceptors (Lipinski definition) is 4. The van der Waals surface area contributed by atoms with Crippen molar-refractivity contribution in [2.24, 2.45) is 0 Å². The zero-order valence-corrected chi connectivity index (χ0v) is 14.9. The van der Waals surface area contributed by atoms with Crippen molar-refractivity contribution in [3.05, 3.63) is 58.7 Å². The molecule has 0 saturated carbocycles. The zero-order valence-electron chi connectivity index (χ0n) is 14.9. The number of aryl methyl sites for hydroxylation is 1. The fourth-order valence-electron chi connectivity index (χ4n) is 3.02. The number of carbonyl (C=O) groups excluding carboxylic acids is 2. The largest absolute Gasteiger partial charge is 0.360 e. The average molecular weight is 358 g/mol. The molecule has 0 unspecified atom stereocenters. The van der Waals surface area contributed by atoms with Gasteiger partial charge in [0.05, 0.1) is 11.6 Å². The molecule has 0 fully saturated rings. The van der Waals surface area contributed by atoms with E-state index in [-0.39, 0.29) is 23.0 Å². The van der Waals surface area contributed by atoms with E-state index in [9.17, 15) is 14.0 Å². The van der Waals surface area contributed by atoms with Crippen molar-refractivity contribution in [1.82, 2.24) is 15.0 Å². The van der Waals surface area contributed by atoms with E-state index in [0.29, 0.717) is 11.5 Å². The predicted octanol–water partition coefficient (Wildman–Crippen LogP) is 3.07. The number of likely N-dealkylation sites (N-methyl/N-ethyl adjacent to an activating group) is 1. The molecule has 1 aromatic heterocycles. The maximum Gasteiger partial charge on any atom is 0.324 e. The Bertz CT molecular complexity index is 905. The second-order valence-electron chi connectivity index (χ2n) is 6.15. The topological polar surface area (TPSA) is 78.7 Å².